The zero-order valence-corrected chi connectivity index (χ0v) is 14.4. The fraction of sp³-hybridized carbons (Fsp3) is 0.600. The van der Waals surface area contributed by atoms with Gasteiger partial charge in [-0.1, -0.05) is 44.2 Å². The lowest BCUT2D eigenvalue weighted by Crippen LogP contribution is -2.35. The summed E-state index contributed by atoms with van der Waals surface area (Å²) in [4.78, 5) is 26.0. The molecular formula is C20H28N2O2. The largest absolute Gasteiger partial charge is 0.349 e. The van der Waals surface area contributed by atoms with Crippen molar-refractivity contribution in [2.24, 2.45) is 0 Å². The van der Waals surface area contributed by atoms with Gasteiger partial charge in [0.05, 0.1) is 0 Å². The van der Waals surface area contributed by atoms with E-state index in [1.807, 2.05) is 29.2 Å². The Morgan fingerprint density at radius 1 is 1.00 bits per heavy atom. The molecule has 1 aliphatic heterocycles. The molecule has 1 saturated heterocycles. The summed E-state index contributed by atoms with van der Waals surface area (Å²) in [7, 11) is 0. The number of likely N-dealkylation sites (tertiary alicyclic amines) is 1. The molecule has 24 heavy (non-hydrogen) atoms. The molecule has 0 radical (unpaired) electrons. The van der Waals surface area contributed by atoms with Crippen LogP contribution in [-0.2, 0) is 11.3 Å². The Morgan fingerprint density at radius 2 is 1.67 bits per heavy atom. The van der Waals surface area contributed by atoms with Gasteiger partial charge < -0.3 is 10.2 Å². The van der Waals surface area contributed by atoms with Gasteiger partial charge in [-0.2, -0.15) is 0 Å². The predicted molar refractivity (Wildman–Crippen MR) is 94.7 cm³/mol. The lowest BCUT2D eigenvalue weighted by Gasteiger charge is -2.21. The quantitative estimate of drug-likeness (QED) is 0.917. The molecule has 4 heteroatoms. The first-order valence-corrected chi connectivity index (χ1v) is 9.40. The average molecular weight is 328 g/mol. The molecule has 1 aliphatic carbocycles. The van der Waals surface area contributed by atoms with Crippen LogP contribution in [0.5, 0.6) is 0 Å². The molecule has 3 rings (SSSR count). The van der Waals surface area contributed by atoms with Crippen LogP contribution in [0.25, 0.3) is 0 Å². The predicted octanol–water partition coefficient (Wildman–Crippen LogP) is 3.65. The molecule has 0 unspecified atom stereocenters. The molecule has 0 bridgehead atoms. The topological polar surface area (TPSA) is 49.4 Å². The molecule has 1 heterocycles. The van der Waals surface area contributed by atoms with Gasteiger partial charge in [0, 0.05) is 31.1 Å². The monoisotopic (exact) mass is 328 g/mol. The molecule has 0 atom stereocenters. The van der Waals surface area contributed by atoms with Crippen LogP contribution in [0.15, 0.2) is 24.3 Å². The smallest absolute Gasteiger partial charge is 0.251 e. The van der Waals surface area contributed by atoms with Crippen molar-refractivity contribution in [2.45, 2.75) is 70.4 Å². The van der Waals surface area contributed by atoms with Crippen LogP contribution in [0.4, 0.5) is 0 Å². The fourth-order valence-electron chi connectivity index (χ4n) is 3.72. The SMILES string of the molecule is O=C(NC1CCCCCCC1)c1ccc(CN2CCCC2=O)cc1. The summed E-state index contributed by atoms with van der Waals surface area (Å²) in [5, 5.41) is 3.20. The van der Waals surface area contributed by atoms with Crippen molar-refractivity contribution in [1.82, 2.24) is 10.2 Å². The van der Waals surface area contributed by atoms with E-state index in [1.165, 1.54) is 32.1 Å². The summed E-state index contributed by atoms with van der Waals surface area (Å²) in [5.74, 6) is 0.269. The van der Waals surface area contributed by atoms with Gasteiger partial charge in [-0.25, -0.2) is 0 Å². The minimum Gasteiger partial charge on any atom is -0.349 e. The third kappa shape index (κ3) is 4.59. The van der Waals surface area contributed by atoms with Crippen LogP contribution < -0.4 is 5.32 Å². The first-order chi connectivity index (χ1) is 11.7. The highest BCUT2D eigenvalue weighted by Crippen LogP contribution is 2.18. The van der Waals surface area contributed by atoms with E-state index in [-0.39, 0.29) is 11.8 Å². The van der Waals surface area contributed by atoms with Crippen LogP contribution in [0.3, 0.4) is 0 Å². The van der Waals surface area contributed by atoms with E-state index >= 15 is 0 Å². The van der Waals surface area contributed by atoms with Crippen LogP contribution in [0, 0.1) is 0 Å². The van der Waals surface area contributed by atoms with Gasteiger partial charge in [0.15, 0.2) is 0 Å². The fourth-order valence-corrected chi connectivity index (χ4v) is 3.72. The van der Waals surface area contributed by atoms with Gasteiger partial charge in [0.25, 0.3) is 5.91 Å². The third-order valence-electron chi connectivity index (χ3n) is 5.20. The number of carbonyl (C=O) groups excluding carboxylic acids is 2. The highest BCUT2D eigenvalue weighted by molar-refractivity contribution is 5.94. The highest BCUT2D eigenvalue weighted by atomic mass is 16.2. The van der Waals surface area contributed by atoms with E-state index in [1.54, 1.807) is 0 Å². The highest BCUT2D eigenvalue weighted by Gasteiger charge is 2.20. The number of rotatable bonds is 4. The second-order valence-electron chi connectivity index (χ2n) is 7.13. The second-order valence-corrected chi connectivity index (χ2v) is 7.13. The van der Waals surface area contributed by atoms with E-state index in [2.05, 4.69) is 5.32 Å². The molecule has 1 saturated carbocycles. The van der Waals surface area contributed by atoms with Gasteiger partial charge in [-0.05, 0) is 37.0 Å². The first kappa shape index (κ1) is 17.0. The van der Waals surface area contributed by atoms with E-state index in [0.29, 0.717) is 24.6 Å². The van der Waals surface area contributed by atoms with Crippen molar-refractivity contribution in [3.05, 3.63) is 35.4 Å². The van der Waals surface area contributed by atoms with Gasteiger partial charge in [-0.3, -0.25) is 9.59 Å². The summed E-state index contributed by atoms with van der Waals surface area (Å²) in [5.41, 5.74) is 1.81. The van der Waals surface area contributed by atoms with Gasteiger partial charge in [0.2, 0.25) is 5.91 Å². The Hall–Kier alpha value is -1.84. The van der Waals surface area contributed by atoms with Gasteiger partial charge in [-0.15, -0.1) is 0 Å². The Morgan fingerprint density at radius 3 is 2.29 bits per heavy atom. The minimum atomic E-state index is 0.0318. The molecule has 2 fully saturated rings. The van der Waals surface area contributed by atoms with Crippen molar-refractivity contribution in [2.75, 3.05) is 6.54 Å². The molecule has 0 spiro atoms. The van der Waals surface area contributed by atoms with E-state index < -0.39 is 0 Å². The number of nitrogens with zero attached hydrogens (tertiary/aromatic N) is 1. The number of benzene rings is 1. The Balaban J connectivity index is 1.54. The number of hydrogen-bond donors (Lipinski definition) is 1. The Bertz CT molecular complexity index is 560. The number of nitrogens with one attached hydrogen (secondary N) is 1. The third-order valence-corrected chi connectivity index (χ3v) is 5.20. The van der Waals surface area contributed by atoms with Crippen LogP contribution >= 0.6 is 0 Å². The number of amides is 2. The Labute approximate surface area is 144 Å². The maximum absolute atomic E-state index is 12.4. The number of hydrogen-bond acceptors (Lipinski definition) is 2. The summed E-state index contributed by atoms with van der Waals surface area (Å²) in [6.45, 7) is 1.51. The standard InChI is InChI=1S/C20H28N2O2/c23-19-9-6-14-22(19)15-16-10-12-17(13-11-16)20(24)21-18-7-4-2-1-3-5-8-18/h10-13,18H,1-9,14-15H2,(H,21,24). The maximum Gasteiger partial charge on any atom is 0.251 e. The average Bonchev–Trinajstić information content (AvgIpc) is 2.95. The van der Waals surface area contributed by atoms with Crippen molar-refractivity contribution >= 4 is 11.8 Å². The molecular weight excluding hydrogens is 300 g/mol. The zero-order valence-electron chi connectivity index (χ0n) is 14.4. The summed E-state index contributed by atoms with van der Waals surface area (Å²) in [6.07, 6.45) is 10.2. The molecule has 2 amide bonds. The second kappa shape index (κ2) is 8.32. The van der Waals surface area contributed by atoms with E-state index in [9.17, 15) is 9.59 Å². The van der Waals surface area contributed by atoms with Gasteiger partial charge >= 0.3 is 0 Å². The van der Waals surface area contributed by atoms with Crippen molar-refractivity contribution in [1.29, 1.82) is 0 Å². The normalized spacial score (nSPS) is 19.8. The molecule has 1 N–H and O–H groups in total. The van der Waals surface area contributed by atoms with Gasteiger partial charge in [0.1, 0.15) is 0 Å². The van der Waals surface area contributed by atoms with E-state index in [0.717, 1.165) is 31.4 Å². The summed E-state index contributed by atoms with van der Waals surface area (Å²) in [6, 6.07) is 8.03. The van der Waals surface area contributed by atoms with Crippen LogP contribution in [0.1, 0.15) is 73.7 Å². The van der Waals surface area contributed by atoms with Crippen molar-refractivity contribution < 1.29 is 9.59 Å². The number of carbonyl (C=O) groups is 2. The molecule has 1 aromatic carbocycles. The molecule has 2 aliphatic rings. The summed E-state index contributed by atoms with van der Waals surface area (Å²) < 4.78 is 0. The van der Waals surface area contributed by atoms with Crippen molar-refractivity contribution in [3.63, 3.8) is 0 Å². The zero-order chi connectivity index (χ0) is 16.8. The van der Waals surface area contributed by atoms with Crippen LogP contribution in [-0.4, -0.2) is 29.3 Å². The van der Waals surface area contributed by atoms with Crippen LogP contribution in [0.2, 0.25) is 0 Å². The van der Waals surface area contributed by atoms with E-state index in [4.69, 9.17) is 0 Å². The lowest BCUT2D eigenvalue weighted by molar-refractivity contribution is -0.128. The first-order valence-electron chi connectivity index (χ1n) is 9.40. The molecule has 130 valence electrons. The lowest BCUT2D eigenvalue weighted by atomic mass is 9.96. The summed E-state index contributed by atoms with van der Waals surface area (Å²) >= 11 is 0. The minimum absolute atomic E-state index is 0.0318. The molecule has 0 aromatic heterocycles. The maximum atomic E-state index is 12.4. The Kier molecular flexibility index (Phi) is 5.89. The van der Waals surface area contributed by atoms with Crippen molar-refractivity contribution in [3.8, 4) is 0 Å². The molecule has 1 aromatic rings. The molecule has 4 nitrogen and oxygen atoms in total.